The van der Waals surface area contributed by atoms with Gasteiger partial charge in [-0.15, -0.1) is 0 Å². The standard InChI is InChI=1S/C16H16N4O.C12H18N2/c1-10-19-14-7-12(9-18-16(14)20-10)11-2-3-15-13(6-11)8-17-4-5-21-15;1-3-10-5-4-6-11-9(2)13-8-14-12(11)7-10/h2-3,6-7,9,17H,4-5,8H2,1H3,(H,18,19,20);8,10H,3-7H2,1-2H3/t;10-/m.0/s1. The molecule has 4 aromatic rings. The molecule has 1 aliphatic carbocycles. The molecule has 0 saturated heterocycles. The average molecular weight is 471 g/mol. The van der Waals surface area contributed by atoms with Crippen LogP contribution in [0.3, 0.4) is 0 Å². The molecule has 182 valence electrons. The first-order chi connectivity index (χ1) is 17.1. The van der Waals surface area contributed by atoms with Gasteiger partial charge in [0.05, 0.1) is 5.52 Å². The van der Waals surface area contributed by atoms with Gasteiger partial charge in [-0.05, 0) is 74.8 Å². The molecular formula is C28H34N6O. The van der Waals surface area contributed by atoms with Gasteiger partial charge in [-0.2, -0.15) is 0 Å². The van der Waals surface area contributed by atoms with Crippen LogP contribution >= 0.6 is 0 Å². The van der Waals surface area contributed by atoms with Gasteiger partial charge in [0, 0.05) is 41.8 Å². The van der Waals surface area contributed by atoms with Crippen LogP contribution in [0, 0.1) is 19.8 Å². The summed E-state index contributed by atoms with van der Waals surface area (Å²) in [6, 6.07) is 8.38. The Balaban J connectivity index is 0.000000158. The Morgan fingerprint density at radius 1 is 1.09 bits per heavy atom. The number of rotatable bonds is 2. The fourth-order valence-corrected chi connectivity index (χ4v) is 5.01. The SMILES string of the molecule is CC[C@H]1CCCc2c(C)ncnc2C1.Cc1nc2ncc(-c3ccc4c(c3)CNCCO4)cc2[nH]1. The molecule has 0 bridgehead atoms. The summed E-state index contributed by atoms with van der Waals surface area (Å²) in [5, 5.41) is 3.36. The van der Waals surface area contributed by atoms with E-state index in [1.807, 2.05) is 19.2 Å². The molecule has 0 saturated carbocycles. The molecule has 0 radical (unpaired) electrons. The lowest BCUT2D eigenvalue weighted by atomic mass is 9.97. The van der Waals surface area contributed by atoms with E-state index < -0.39 is 0 Å². The van der Waals surface area contributed by atoms with Crippen molar-refractivity contribution in [1.82, 2.24) is 30.2 Å². The Labute approximate surface area is 206 Å². The number of H-pyrrole nitrogens is 1. The normalized spacial score (nSPS) is 17.3. The average Bonchev–Trinajstić information content (AvgIpc) is 3.02. The van der Waals surface area contributed by atoms with Crippen LogP contribution in [0.5, 0.6) is 5.75 Å². The molecule has 1 aromatic carbocycles. The summed E-state index contributed by atoms with van der Waals surface area (Å²) in [5.74, 6) is 2.69. The molecule has 0 spiro atoms. The summed E-state index contributed by atoms with van der Waals surface area (Å²) < 4.78 is 5.72. The number of fused-ring (bicyclic) bond motifs is 3. The van der Waals surface area contributed by atoms with E-state index in [0.29, 0.717) is 6.61 Å². The number of nitrogens with one attached hydrogen (secondary N) is 2. The molecule has 35 heavy (non-hydrogen) atoms. The lowest BCUT2D eigenvalue weighted by Crippen LogP contribution is -2.16. The highest BCUT2D eigenvalue weighted by molar-refractivity contribution is 5.78. The smallest absolute Gasteiger partial charge is 0.177 e. The van der Waals surface area contributed by atoms with E-state index in [2.05, 4.69) is 62.3 Å². The van der Waals surface area contributed by atoms with Crippen LogP contribution in [0.25, 0.3) is 22.3 Å². The number of benzene rings is 1. The van der Waals surface area contributed by atoms with Crippen LogP contribution in [0.1, 0.15) is 54.5 Å². The van der Waals surface area contributed by atoms with E-state index in [4.69, 9.17) is 4.74 Å². The molecule has 0 unspecified atom stereocenters. The summed E-state index contributed by atoms with van der Waals surface area (Å²) in [5.41, 5.74) is 9.05. The van der Waals surface area contributed by atoms with Crippen LogP contribution in [0.15, 0.2) is 36.8 Å². The molecule has 1 atom stereocenters. The predicted molar refractivity (Wildman–Crippen MR) is 138 cm³/mol. The molecule has 2 aliphatic rings. The maximum Gasteiger partial charge on any atom is 0.177 e. The van der Waals surface area contributed by atoms with Crippen molar-refractivity contribution in [2.75, 3.05) is 13.2 Å². The fraction of sp³-hybridized carbons (Fsp3) is 0.429. The third kappa shape index (κ3) is 5.35. The minimum absolute atomic E-state index is 0.716. The Morgan fingerprint density at radius 3 is 2.89 bits per heavy atom. The molecule has 2 N–H and O–H groups in total. The predicted octanol–water partition coefficient (Wildman–Crippen LogP) is 5.11. The Hall–Kier alpha value is -3.32. The number of hydrogen-bond acceptors (Lipinski definition) is 6. The molecule has 6 rings (SSSR count). The summed E-state index contributed by atoms with van der Waals surface area (Å²) >= 11 is 0. The quantitative estimate of drug-likeness (QED) is 0.396. The maximum absolute atomic E-state index is 5.72. The second-order valence-corrected chi connectivity index (χ2v) is 9.52. The van der Waals surface area contributed by atoms with Gasteiger partial charge in [-0.25, -0.2) is 19.9 Å². The summed E-state index contributed by atoms with van der Waals surface area (Å²) in [4.78, 5) is 20.7. The van der Waals surface area contributed by atoms with Gasteiger partial charge in [0.25, 0.3) is 0 Å². The van der Waals surface area contributed by atoms with E-state index >= 15 is 0 Å². The highest BCUT2D eigenvalue weighted by Crippen LogP contribution is 2.29. The monoisotopic (exact) mass is 470 g/mol. The van der Waals surface area contributed by atoms with E-state index in [9.17, 15) is 0 Å². The summed E-state index contributed by atoms with van der Waals surface area (Å²) in [6.45, 7) is 8.75. The van der Waals surface area contributed by atoms with Gasteiger partial charge in [0.15, 0.2) is 5.65 Å². The van der Waals surface area contributed by atoms with Crippen molar-refractivity contribution in [2.24, 2.45) is 5.92 Å². The fourth-order valence-electron chi connectivity index (χ4n) is 5.01. The van der Waals surface area contributed by atoms with Crippen molar-refractivity contribution in [1.29, 1.82) is 0 Å². The lowest BCUT2D eigenvalue weighted by molar-refractivity contribution is 0.326. The van der Waals surface area contributed by atoms with E-state index in [-0.39, 0.29) is 0 Å². The van der Waals surface area contributed by atoms with Crippen molar-refractivity contribution in [3.05, 3.63) is 65.1 Å². The molecule has 7 nitrogen and oxygen atoms in total. The van der Waals surface area contributed by atoms with Crippen LogP contribution in [0.2, 0.25) is 0 Å². The number of pyridine rings is 1. The van der Waals surface area contributed by atoms with E-state index in [1.54, 1.807) is 6.33 Å². The number of aromatic nitrogens is 5. The number of ether oxygens (including phenoxy) is 1. The maximum atomic E-state index is 5.72. The first-order valence-corrected chi connectivity index (χ1v) is 12.7. The summed E-state index contributed by atoms with van der Waals surface area (Å²) in [6.07, 6.45) is 9.86. The Morgan fingerprint density at radius 2 is 2.00 bits per heavy atom. The zero-order valence-electron chi connectivity index (χ0n) is 20.9. The highest BCUT2D eigenvalue weighted by atomic mass is 16.5. The molecule has 0 amide bonds. The topological polar surface area (TPSA) is 88.6 Å². The molecule has 4 heterocycles. The summed E-state index contributed by atoms with van der Waals surface area (Å²) in [7, 11) is 0. The zero-order valence-corrected chi connectivity index (χ0v) is 20.9. The zero-order chi connectivity index (χ0) is 24.2. The van der Waals surface area contributed by atoms with Gasteiger partial charge in [0.1, 0.15) is 24.5 Å². The minimum atomic E-state index is 0.716. The third-order valence-electron chi connectivity index (χ3n) is 7.05. The second-order valence-electron chi connectivity index (χ2n) is 9.52. The van der Waals surface area contributed by atoms with Crippen LogP contribution in [0.4, 0.5) is 0 Å². The van der Waals surface area contributed by atoms with Gasteiger partial charge in [-0.3, -0.25) is 0 Å². The van der Waals surface area contributed by atoms with Crippen LogP contribution in [-0.4, -0.2) is 38.1 Å². The van der Waals surface area contributed by atoms with Crippen molar-refractivity contribution in [3.63, 3.8) is 0 Å². The Bertz CT molecular complexity index is 1310. The highest BCUT2D eigenvalue weighted by Gasteiger charge is 2.18. The molecule has 0 fully saturated rings. The number of aromatic amines is 1. The van der Waals surface area contributed by atoms with E-state index in [0.717, 1.165) is 59.3 Å². The van der Waals surface area contributed by atoms with Crippen molar-refractivity contribution < 1.29 is 4.74 Å². The van der Waals surface area contributed by atoms with E-state index in [1.165, 1.54) is 48.2 Å². The molecule has 3 aromatic heterocycles. The van der Waals surface area contributed by atoms with Gasteiger partial charge < -0.3 is 15.0 Å². The van der Waals surface area contributed by atoms with Crippen LogP contribution < -0.4 is 10.1 Å². The van der Waals surface area contributed by atoms with Crippen molar-refractivity contribution >= 4 is 11.2 Å². The second kappa shape index (κ2) is 10.5. The Kier molecular flexibility index (Phi) is 7.04. The number of imidazole rings is 1. The van der Waals surface area contributed by atoms with Crippen molar-refractivity contribution in [3.8, 4) is 16.9 Å². The molecular weight excluding hydrogens is 436 g/mol. The number of aryl methyl sites for hydroxylation is 2. The molecule has 1 aliphatic heterocycles. The number of nitrogens with zero attached hydrogens (tertiary/aromatic N) is 4. The van der Waals surface area contributed by atoms with Crippen molar-refractivity contribution in [2.45, 2.75) is 59.4 Å². The van der Waals surface area contributed by atoms with Gasteiger partial charge in [-0.1, -0.05) is 19.4 Å². The van der Waals surface area contributed by atoms with Crippen LogP contribution in [-0.2, 0) is 19.4 Å². The lowest BCUT2D eigenvalue weighted by Gasteiger charge is -2.10. The first-order valence-electron chi connectivity index (χ1n) is 12.7. The van der Waals surface area contributed by atoms with Gasteiger partial charge in [0.2, 0.25) is 0 Å². The van der Waals surface area contributed by atoms with Gasteiger partial charge >= 0.3 is 0 Å². The minimum Gasteiger partial charge on any atom is -0.492 e. The first kappa shape index (κ1) is 23.4. The molecule has 7 heteroatoms. The largest absolute Gasteiger partial charge is 0.492 e. The third-order valence-corrected chi connectivity index (χ3v) is 7.05. The number of hydrogen-bond donors (Lipinski definition) is 2.